The quantitative estimate of drug-likeness (QED) is 0.196. The van der Waals surface area contributed by atoms with Crippen LogP contribution in [0.2, 0.25) is 0 Å². The standard InChI is InChI=1S/C35H51NO9/c1-21-15-16-22(2)30-28(43-35(10,11)44-30)14-12-13-25-18-26(17-23(3)29(25)31(37)41-24(21)4)36(32(38)45-33(5,6)7)40-20-27-19-39-34(8,9)42-27/h12-13,15-18,21-22,24,27-28,30H,14,19-20H2,1-11H3/b13-12?,16-15-/t21-,22-,24+,27-,28+,30-/m1/s1. The van der Waals surface area contributed by atoms with Crippen molar-refractivity contribution < 1.29 is 42.8 Å². The lowest BCUT2D eigenvalue weighted by atomic mass is 9.94. The number of esters is 1. The van der Waals surface area contributed by atoms with Gasteiger partial charge in [-0.15, -0.1) is 0 Å². The molecule has 0 N–H and O–H groups in total. The Balaban J connectivity index is 1.73. The number of anilines is 1. The van der Waals surface area contributed by atoms with Crippen molar-refractivity contribution in [2.75, 3.05) is 18.3 Å². The second-order valence-electron chi connectivity index (χ2n) is 14.2. The average Bonchev–Trinajstić information content (AvgIpc) is 3.42. The van der Waals surface area contributed by atoms with Gasteiger partial charge in [-0.25, -0.2) is 9.59 Å². The third-order valence-electron chi connectivity index (χ3n) is 7.96. The number of carbonyl (C=O) groups is 2. The van der Waals surface area contributed by atoms with Gasteiger partial charge >= 0.3 is 12.1 Å². The molecule has 0 radical (unpaired) electrons. The number of nitrogens with zero attached hydrogens (tertiary/aromatic N) is 1. The first kappa shape index (κ1) is 35.1. The second kappa shape index (κ2) is 13.5. The first-order valence-corrected chi connectivity index (χ1v) is 15.9. The van der Waals surface area contributed by atoms with Crippen molar-refractivity contribution in [3.63, 3.8) is 0 Å². The molecule has 4 rings (SSSR count). The Labute approximate surface area is 267 Å². The van der Waals surface area contributed by atoms with Crippen LogP contribution >= 0.6 is 0 Å². The van der Waals surface area contributed by atoms with Crippen LogP contribution in [-0.4, -0.2) is 66.9 Å². The molecular formula is C35H51NO9. The van der Waals surface area contributed by atoms with E-state index in [4.69, 9.17) is 33.3 Å². The first-order chi connectivity index (χ1) is 20.8. The van der Waals surface area contributed by atoms with Gasteiger partial charge in [0.1, 0.15) is 24.4 Å². The highest BCUT2D eigenvalue weighted by atomic mass is 16.8. The number of amides is 1. The molecule has 1 amide bonds. The van der Waals surface area contributed by atoms with E-state index in [-0.39, 0.29) is 42.9 Å². The summed E-state index contributed by atoms with van der Waals surface area (Å²) in [6, 6.07) is 3.45. The molecule has 0 spiro atoms. The summed E-state index contributed by atoms with van der Waals surface area (Å²) < 4.78 is 35.8. The monoisotopic (exact) mass is 629 g/mol. The van der Waals surface area contributed by atoms with Crippen LogP contribution in [-0.2, 0) is 33.3 Å². The van der Waals surface area contributed by atoms with Crippen molar-refractivity contribution in [1.82, 2.24) is 0 Å². The van der Waals surface area contributed by atoms with Gasteiger partial charge < -0.3 is 28.4 Å². The molecule has 1 aromatic carbocycles. The van der Waals surface area contributed by atoms with E-state index < -0.39 is 29.2 Å². The van der Waals surface area contributed by atoms with Crippen LogP contribution in [0.3, 0.4) is 0 Å². The second-order valence-corrected chi connectivity index (χ2v) is 14.2. The number of aryl methyl sites for hydroxylation is 1. The minimum Gasteiger partial charge on any atom is -0.458 e. The fraction of sp³-hybridized carbons (Fsp3) is 0.657. The molecule has 0 aromatic heterocycles. The Morgan fingerprint density at radius 2 is 1.69 bits per heavy atom. The van der Waals surface area contributed by atoms with Crippen molar-refractivity contribution in [2.24, 2.45) is 11.8 Å². The minimum atomic E-state index is -0.772. The molecule has 6 atom stereocenters. The summed E-state index contributed by atoms with van der Waals surface area (Å²) in [7, 11) is 0. The summed E-state index contributed by atoms with van der Waals surface area (Å²) in [5.74, 6) is -1.85. The molecule has 0 unspecified atom stereocenters. The fourth-order valence-corrected chi connectivity index (χ4v) is 5.63. The number of benzene rings is 1. The highest BCUT2D eigenvalue weighted by Crippen LogP contribution is 2.36. The van der Waals surface area contributed by atoms with E-state index in [1.807, 2.05) is 60.6 Å². The van der Waals surface area contributed by atoms with Gasteiger partial charge in [0.25, 0.3) is 0 Å². The summed E-state index contributed by atoms with van der Waals surface area (Å²) in [6.07, 6.45) is 6.77. The van der Waals surface area contributed by atoms with Gasteiger partial charge in [0, 0.05) is 11.8 Å². The van der Waals surface area contributed by atoms with Gasteiger partial charge in [-0.2, -0.15) is 5.06 Å². The lowest BCUT2D eigenvalue weighted by Gasteiger charge is -2.28. The summed E-state index contributed by atoms with van der Waals surface area (Å²) in [5.41, 5.74) is 1.22. The molecule has 0 aliphatic carbocycles. The van der Waals surface area contributed by atoms with E-state index in [0.29, 0.717) is 35.4 Å². The number of rotatable bonds is 4. The topological polar surface area (TPSA) is 102 Å². The van der Waals surface area contributed by atoms with Crippen LogP contribution in [0.25, 0.3) is 6.08 Å². The summed E-state index contributed by atoms with van der Waals surface area (Å²) in [4.78, 5) is 33.2. The van der Waals surface area contributed by atoms with Gasteiger partial charge in [0.2, 0.25) is 0 Å². The Bertz CT molecular complexity index is 1290. The van der Waals surface area contributed by atoms with Crippen molar-refractivity contribution in [2.45, 2.75) is 124 Å². The average molecular weight is 630 g/mol. The molecule has 10 heteroatoms. The van der Waals surface area contributed by atoms with Crippen LogP contribution in [0, 0.1) is 18.8 Å². The SMILES string of the molecule is Cc1cc(N(OC[C@H]2COC(C)(C)O2)C(=O)OC(C)(C)C)cc2c1C(=O)O[C@@H](C)[C@H](C)/C=C\[C@@H](C)[C@H]1OC(C)(C)O[C@H]1CC=C2. The number of ether oxygens (including phenoxy) is 6. The van der Waals surface area contributed by atoms with Crippen LogP contribution in [0.1, 0.15) is 97.1 Å². The van der Waals surface area contributed by atoms with E-state index in [9.17, 15) is 9.59 Å². The largest absolute Gasteiger partial charge is 0.458 e. The lowest BCUT2D eigenvalue weighted by molar-refractivity contribution is -0.148. The van der Waals surface area contributed by atoms with Crippen molar-refractivity contribution in [3.05, 3.63) is 47.1 Å². The van der Waals surface area contributed by atoms with E-state index in [2.05, 4.69) is 19.1 Å². The molecule has 1 aromatic rings. The number of fused-ring (bicyclic) bond motifs is 2. The Hall–Kier alpha value is -2.76. The number of cyclic esters (lactones) is 1. The fourth-order valence-electron chi connectivity index (χ4n) is 5.63. The van der Waals surface area contributed by atoms with Gasteiger partial charge in [-0.1, -0.05) is 38.2 Å². The molecule has 10 nitrogen and oxygen atoms in total. The first-order valence-electron chi connectivity index (χ1n) is 15.9. The maximum Gasteiger partial charge on any atom is 0.439 e. The normalized spacial score (nSPS) is 30.5. The molecule has 2 fully saturated rings. The molecule has 2 saturated heterocycles. The van der Waals surface area contributed by atoms with E-state index in [1.54, 1.807) is 32.9 Å². The Kier molecular flexibility index (Phi) is 10.6. The van der Waals surface area contributed by atoms with Crippen molar-refractivity contribution in [3.8, 4) is 0 Å². The van der Waals surface area contributed by atoms with Gasteiger partial charge in [0.05, 0.1) is 30.1 Å². The van der Waals surface area contributed by atoms with E-state index in [0.717, 1.165) is 5.06 Å². The maximum absolute atomic E-state index is 13.7. The summed E-state index contributed by atoms with van der Waals surface area (Å²) >= 11 is 0. The van der Waals surface area contributed by atoms with Crippen molar-refractivity contribution >= 4 is 23.8 Å². The predicted molar refractivity (Wildman–Crippen MR) is 171 cm³/mol. The third-order valence-corrected chi connectivity index (χ3v) is 7.96. The zero-order chi connectivity index (χ0) is 33.3. The maximum atomic E-state index is 13.7. The zero-order valence-electron chi connectivity index (χ0n) is 28.7. The number of hydroxylamine groups is 1. The van der Waals surface area contributed by atoms with E-state index in [1.165, 1.54) is 0 Å². The molecule has 3 aliphatic rings. The van der Waals surface area contributed by atoms with E-state index >= 15 is 0 Å². The van der Waals surface area contributed by atoms with Crippen LogP contribution in [0.4, 0.5) is 10.5 Å². The Morgan fingerprint density at radius 3 is 2.33 bits per heavy atom. The summed E-state index contributed by atoms with van der Waals surface area (Å²) in [6.45, 7) is 21.1. The molecule has 45 heavy (non-hydrogen) atoms. The van der Waals surface area contributed by atoms with Crippen LogP contribution in [0.15, 0.2) is 30.4 Å². The number of hydrogen-bond acceptors (Lipinski definition) is 9. The lowest BCUT2D eigenvalue weighted by Crippen LogP contribution is -2.39. The van der Waals surface area contributed by atoms with Crippen LogP contribution < -0.4 is 5.06 Å². The molecule has 3 heterocycles. The molecule has 0 saturated carbocycles. The van der Waals surface area contributed by atoms with Crippen LogP contribution in [0.5, 0.6) is 0 Å². The smallest absolute Gasteiger partial charge is 0.439 e. The molecular weight excluding hydrogens is 578 g/mol. The number of hydrogen-bond donors (Lipinski definition) is 0. The van der Waals surface area contributed by atoms with Crippen molar-refractivity contribution in [1.29, 1.82) is 0 Å². The zero-order valence-corrected chi connectivity index (χ0v) is 28.7. The summed E-state index contributed by atoms with van der Waals surface area (Å²) in [5, 5.41) is 1.11. The highest BCUT2D eigenvalue weighted by molar-refractivity contribution is 5.97. The molecule has 0 bridgehead atoms. The van der Waals surface area contributed by atoms with Gasteiger partial charge in [-0.3, -0.25) is 4.84 Å². The molecule has 250 valence electrons. The predicted octanol–water partition coefficient (Wildman–Crippen LogP) is 7.13. The minimum absolute atomic E-state index is 0.0329. The van der Waals surface area contributed by atoms with Gasteiger partial charge in [0.15, 0.2) is 11.6 Å². The Morgan fingerprint density at radius 1 is 1.00 bits per heavy atom. The molecule has 3 aliphatic heterocycles. The number of carbonyl (C=O) groups excluding carboxylic acids is 2. The van der Waals surface area contributed by atoms with Gasteiger partial charge in [-0.05, 0) is 92.0 Å². The third kappa shape index (κ3) is 9.16. The highest BCUT2D eigenvalue weighted by Gasteiger charge is 2.42.